The second-order valence-electron chi connectivity index (χ2n) is 7.23. The molecule has 150 valence electrons. The van der Waals surface area contributed by atoms with Crippen LogP contribution in [-0.4, -0.2) is 57.2 Å². The third-order valence-electron chi connectivity index (χ3n) is 5.13. The highest BCUT2D eigenvalue weighted by Crippen LogP contribution is 2.29. The molecule has 0 unspecified atom stereocenters. The smallest absolute Gasteiger partial charge is 0.238 e. The van der Waals surface area contributed by atoms with Crippen molar-refractivity contribution in [2.45, 2.75) is 19.9 Å². The maximum Gasteiger partial charge on any atom is 0.238 e. The molecular formula is C22H29N3O3. The zero-order valence-corrected chi connectivity index (χ0v) is 17.1. The molecule has 2 aromatic carbocycles. The van der Waals surface area contributed by atoms with Crippen LogP contribution in [0, 0.1) is 6.92 Å². The minimum absolute atomic E-state index is 0.0532. The number of carbonyl (C=O) groups excluding carboxylic acids is 1. The molecule has 0 aliphatic carbocycles. The summed E-state index contributed by atoms with van der Waals surface area (Å²) in [6.07, 6.45) is 0. The molecule has 0 saturated carbocycles. The number of hydrogen-bond donors (Lipinski definition) is 1. The van der Waals surface area contributed by atoms with E-state index in [4.69, 9.17) is 9.47 Å². The van der Waals surface area contributed by atoms with Crippen molar-refractivity contribution >= 4 is 17.3 Å². The average Bonchev–Trinajstić information content (AvgIpc) is 2.69. The lowest BCUT2D eigenvalue weighted by Crippen LogP contribution is -2.53. The van der Waals surface area contributed by atoms with Gasteiger partial charge in [0.2, 0.25) is 5.91 Å². The molecule has 3 rings (SSSR count). The number of piperazine rings is 1. The summed E-state index contributed by atoms with van der Waals surface area (Å²) in [5.74, 6) is 1.24. The van der Waals surface area contributed by atoms with Crippen LogP contribution in [0.2, 0.25) is 0 Å². The number of aryl methyl sites for hydroxylation is 1. The summed E-state index contributed by atoms with van der Waals surface area (Å²) in [7, 11) is 3.19. The molecule has 1 aliphatic rings. The fraction of sp³-hybridized carbons (Fsp3) is 0.409. The van der Waals surface area contributed by atoms with Crippen molar-refractivity contribution in [2.24, 2.45) is 0 Å². The second-order valence-corrected chi connectivity index (χ2v) is 7.23. The fourth-order valence-electron chi connectivity index (χ4n) is 3.60. The molecule has 1 saturated heterocycles. The fourth-order valence-corrected chi connectivity index (χ4v) is 3.60. The molecule has 0 radical (unpaired) electrons. The number of amides is 1. The summed E-state index contributed by atoms with van der Waals surface area (Å²) in [4.78, 5) is 17.2. The lowest BCUT2D eigenvalue weighted by Gasteiger charge is -2.41. The van der Waals surface area contributed by atoms with E-state index >= 15 is 0 Å². The molecular weight excluding hydrogens is 354 g/mol. The highest BCUT2D eigenvalue weighted by molar-refractivity contribution is 5.94. The minimum atomic E-state index is -0.0532. The Morgan fingerprint density at radius 1 is 1.11 bits per heavy atom. The lowest BCUT2D eigenvalue weighted by atomic mass is 10.1. The third kappa shape index (κ3) is 4.75. The van der Waals surface area contributed by atoms with E-state index in [9.17, 15) is 4.79 Å². The Bertz CT molecular complexity index is 807. The largest absolute Gasteiger partial charge is 0.497 e. The van der Waals surface area contributed by atoms with Crippen molar-refractivity contribution in [3.63, 3.8) is 0 Å². The third-order valence-corrected chi connectivity index (χ3v) is 5.13. The lowest BCUT2D eigenvalue weighted by molar-refractivity contribution is -0.117. The summed E-state index contributed by atoms with van der Waals surface area (Å²) in [5, 5.41) is 2.95. The molecule has 0 bridgehead atoms. The van der Waals surface area contributed by atoms with E-state index < -0.39 is 0 Å². The molecule has 0 spiro atoms. The summed E-state index contributed by atoms with van der Waals surface area (Å²) >= 11 is 0. The molecule has 1 fully saturated rings. The Hall–Kier alpha value is -2.73. The van der Waals surface area contributed by atoms with Crippen LogP contribution in [0.3, 0.4) is 0 Å². The van der Waals surface area contributed by atoms with Crippen molar-refractivity contribution in [1.29, 1.82) is 0 Å². The normalized spacial score (nSPS) is 17.3. The van der Waals surface area contributed by atoms with Crippen LogP contribution in [0.1, 0.15) is 12.5 Å². The molecule has 2 aromatic rings. The van der Waals surface area contributed by atoms with Gasteiger partial charge in [-0.25, -0.2) is 0 Å². The van der Waals surface area contributed by atoms with Crippen molar-refractivity contribution in [3.05, 3.63) is 48.0 Å². The predicted octanol–water partition coefficient (Wildman–Crippen LogP) is 3.16. The topological polar surface area (TPSA) is 54.0 Å². The molecule has 0 aromatic heterocycles. The van der Waals surface area contributed by atoms with E-state index in [0.29, 0.717) is 29.8 Å². The van der Waals surface area contributed by atoms with Crippen molar-refractivity contribution in [3.8, 4) is 11.5 Å². The zero-order chi connectivity index (χ0) is 20.1. The number of benzene rings is 2. The highest BCUT2D eigenvalue weighted by Gasteiger charge is 2.25. The van der Waals surface area contributed by atoms with Gasteiger partial charge in [0.25, 0.3) is 0 Å². The number of nitrogens with zero attached hydrogens (tertiary/aromatic N) is 2. The van der Waals surface area contributed by atoms with Crippen molar-refractivity contribution < 1.29 is 14.3 Å². The Balaban J connectivity index is 1.58. The molecule has 1 atom stereocenters. The van der Waals surface area contributed by atoms with E-state index in [0.717, 1.165) is 19.6 Å². The Labute approximate surface area is 167 Å². The zero-order valence-electron chi connectivity index (χ0n) is 17.1. The van der Waals surface area contributed by atoms with Gasteiger partial charge >= 0.3 is 0 Å². The Kier molecular flexibility index (Phi) is 6.41. The summed E-state index contributed by atoms with van der Waals surface area (Å²) in [5.41, 5.74) is 3.13. The van der Waals surface area contributed by atoms with E-state index in [2.05, 4.69) is 53.2 Å². The van der Waals surface area contributed by atoms with Crippen LogP contribution < -0.4 is 19.7 Å². The standard InChI is InChI=1S/C22H29N3O3/c1-16-5-7-18(8-6-16)25-12-11-24(14-17(25)2)15-22(26)23-20-13-19(27-3)9-10-21(20)28-4/h5-10,13,17H,11-12,14-15H2,1-4H3,(H,23,26)/t17-/m0/s1. The van der Waals surface area contributed by atoms with E-state index in [1.807, 2.05) is 0 Å². The average molecular weight is 383 g/mol. The van der Waals surface area contributed by atoms with Gasteiger partial charge in [0.05, 0.1) is 26.5 Å². The van der Waals surface area contributed by atoms with Gasteiger partial charge < -0.3 is 19.7 Å². The van der Waals surface area contributed by atoms with Gasteiger partial charge in [-0.2, -0.15) is 0 Å². The van der Waals surface area contributed by atoms with Crippen LogP contribution in [0.5, 0.6) is 11.5 Å². The minimum Gasteiger partial charge on any atom is -0.497 e. The summed E-state index contributed by atoms with van der Waals surface area (Å²) in [6.45, 7) is 7.25. The maximum atomic E-state index is 12.6. The van der Waals surface area contributed by atoms with Crippen molar-refractivity contribution in [1.82, 2.24) is 4.90 Å². The highest BCUT2D eigenvalue weighted by atomic mass is 16.5. The molecule has 28 heavy (non-hydrogen) atoms. The second kappa shape index (κ2) is 8.97. The molecule has 6 heteroatoms. The molecule has 1 amide bonds. The number of anilines is 2. The van der Waals surface area contributed by atoms with Gasteiger partial charge in [-0.3, -0.25) is 9.69 Å². The first-order chi connectivity index (χ1) is 13.5. The molecule has 1 heterocycles. The SMILES string of the molecule is COc1ccc(OC)c(NC(=O)CN2CCN(c3ccc(C)cc3)[C@@H](C)C2)c1. The van der Waals surface area contributed by atoms with Crippen LogP contribution in [0.4, 0.5) is 11.4 Å². The quantitative estimate of drug-likeness (QED) is 0.830. The first kappa shape index (κ1) is 20.0. The number of carbonyl (C=O) groups is 1. The van der Waals surface area contributed by atoms with Gasteiger partial charge in [0.1, 0.15) is 11.5 Å². The van der Waals surface area contributed by atoms with Gasteiger partial charge in [-0.05, 0) is 38.1 Å². The first-order valence-electron chi connectivity index (χ1n) is 9.57. The van der Waals surface area contributed by atoms with Crippen LogP contribution >= 0.6 is 0 Å². The Morgan fingerprint density at radius 2 is 1.86 bits per heavy atom. The van der Waals surface area contributed by atoms with E-state index in [1.165, 1.54) is 11.3 Å². The summed E-state index contributed by atoms with van der Waals surface area (Å²) < 4.78 is 10.6. The molecule has 1 aliphatic heterocycles. The van der Waals surface area contributed by atoms with Gasteiger partial charge in [0.15, 0.2) is 0 Å². The number of methoxy groups -OCH3 is 2. The molecule has 1 N–H and O–H groups in total. The Morgan fingerprint density at radius 3 is 2.50 bits per heavy atom. The van der Waals surface area contributed by atoms with Gasteiger partial charge in [-0.1, -0.05) is 17.7 Å². The monoisotopic (exact) mass is 383 g/mol. The van der Waals surface area contributed by atoms with Crippen LogP contribution in [-0.2, 0) is 4.79 Å². The number of hydrogen-bond acceptors (Lipinski definition) is 5. The van der Waals surface area contributed by atoms with E-state index in [1.54, 1.807) is 32.4 Å². The maximum absolute atomic E-state index is 12.6. The number of nitrogens with one attached hydrogen (secondary N) is 1. The van der Waals surface area contributed by atoms with Gasteiger partial charge in [-0.15, -0.1) is 0 Å². The van der Waals surface area contributed by atoms with Crippen molar-refractivity contribution in [2.75, 3.05) is 50.6 Å². The number of ether oxygens (including phenoxy) is 2. The van der Waals surface area contributed by atoms with Crippen LogP contribution in [0.25, 0.3) is 0 Å². The predicted molar refractivity (Wildman–Crippen MR) is 113 cm³/mol. The summed E-state index contributed by atoms with van der Waals surface area (Å²) in [6, 6.07) is 14.3. The number of rotatable bonds is 6. The van der Waals surface area contributed by atoms with Gasteiger partial charge in [0, 0.05) is 37.4 Å². The van der Waals surface area contributed by atoms with E-state index in [-0.39, 0.29) is 5.91 Å². The van der Waals surface area contributed by atoms with Crippen LogP contribution in [0.15, 0.2) is 42.5 Å². The first-order valence-corrected chi connectivity index (χ1v) is 9.57. The molecule has 6 nitrogen and oxygen atoms in total.